The average molecular weight is 165 g/mol. The SMILES string of the molecule is CC.CCCc1cccc(C)n1. The minimum Gasteiger partial charge on any atom is -0.258 e. The highest BCUT2D eigenvalue weighted by Gasteiger charge is 1.90. The van der Waals surface area contributed by atoms with Crippen molar-refractivity contribution in [1.29, 1.82) is 0 Å². The first-order valence-corrected chi connectivity index (χ1v) is 4.75. The smallest absolute Gasteiger partial charge is 0.0406 e. The first-order chi connectivity index (χ1) is 5.83. The lowest BCUT2D eigenvalue weighted by Crippen LogP contribution is -1.89. The van der Waals surface area contributed by atoms with Gasteiger partial charge in [-0.25, -0.2) is 0 Å². The van der Waals surface area contributed by atoms with Gasteiger partial charge in [0, 0.05) is 11.4 Å². The highest BCUT2D eigenvalue weighted by Crippen LogP contribution is 2.00. The third-order valence-electron chi connectivity index (χ3n) is 1.45. The summed E-state index contributed by atoms with van der Waals surface area (Å²) >= 11 is 0. The molecule has 0 spiro atoms. The van der Waals surface area contributed by atoms with Crippen LogP contribution in [0.5, 0.6) is 0 Å². The predicted molar refractivity (Wildman–Crippen MR) is 54.3 cm³/mol. The highest BCUT2D eigenvalue weighted by molar-refractivity contribution is 5.09. The van der Waals surface area contributed by atoms with Crippen molar-refractivity contribution in [3.63, 3.8) is 0 Å². The van der Waals surface area contributed by atoms with E-state index in [1.54, 1.807) is 0 Å². The van der Waals surface area contributed by atoms with Crippen LogP contribution in [0.25, 0.3) is 0 Å². The molecule has 0 bridgehead atoms. The van der Waals surface area contributed by atoms with Crippen molar-refractivity contribution in [2.75, 3.05) is 0 Å². The first-order valence-electron chi connectivity index (χ1n) is 4.75. The second kappa shape index (κ2) is 6.84. The van der Waals surface area contributed by atoms with Crippen LogP contribution in [0, 0.1) is 6.92 Å². The van der Waals surface area contributed by atoms with E-state index in [0.717, 1.165) is 12.1 Å². The maximum atomic E-state index is 4.36. The van der Waals surface area contributed by atoms with E-state index in [4.69, 9.17) is 0 Å². The topological polar surface area (TPSA) is 12.9 Å². The molecule has 0 aliphatic heterocycles. The van der Waals surface area contributed by atoms with Crippen LogP contribution in [0.2, 0.25) is 0 Å². The average Bonchev–Trinajstić information content (AvgIpc) is 2.09. The fourth-order valence-corrected chi connectivity index (χ4v) is 0.995. The Labute approximate surface area is 75.8 Å². The molecule has 12 heavy (non-hydrogen) atoms. The van der Waals surface area contributed by atoms with E-state index >= 15 is 0 Å². The summed E-state index contributed by atoms with van der Waals surface area (Å²) in [6.07, 6.45) is 2.28. The zero-order valence-corrected chi connectivity index (χ0v) is 8.59. The summed E-state index contributed by atoms with van der Waals surface area (Å²) in [6, 6.07) is 6.17. The Kier molecular flexibility index (Phi) is 6.35. The number of hydrogen-bond acceptors (Lipinski definition) is 1. The maximum absolute atomic E-state index is 4.36. The van der Waals surface area contributed by atoms with E-state index in [0.29, 0.717) is 0 Å². The molecule has 0 atom stereocenters. The lowest BCUT2D eigenvalue weighted by Gasteiger charge is -1.97. The molecule has 1 aromatic rings. The summed E-state index contributed by atoms with van der Waals surface area (Å²) < 4.78 is 0. The van der Waals surface area contributed by atoms with E-state index in [1.807, 2.05) is 26.8 Å². The second-order valence-electron chi connectivity index (χ2n) is 2.52. The molecule has 0 aromatic carbocycles. The van der Waals surface area contributed by atoms with Crippen LogP contribution < -0.4 is 0 Å². The number of rotatable bonds is 2. The van der Waals surface area contributed by atoms with E-state index in [-0.39, 0.29) is 0 Å². The second-order valence-corrected chi connectivity index (χ2v) is 2.52. The Bertz CT molecular complexity index is 206. The van der Waals surface area contributed by atoms with Gasteiger partial charge < -0.3 is 0 Å². The standard InChI is InChI=1S/C9H13N.C2H6/c1-3-5-9-7-4-6-8(2)10-9;1-2/h4,6-7H,3,5H2,1-2H3;1-2H3. The summed E-state index contributed by atoms with van der Waals surface area (Å²) in [5.41, 5.74) is 2.33. The Morgan fingerprint density at radius 3 is 2.42 bits per heavy atom. The van der Waals surface area contributed by atoms with Gasteiger partial charge in [-0.05, 0) is 25.5 Å². The van der Waals surface area contributed by atoms with Crippen LogP contribution in [0.4, 0.5) is 0 Å². The number of nitrogens with zero attached hydrogens (tertiary/aromatic N) is 1. The van der Waals surface area contributed by atoms with Gasteiger partial charge in [-0.3, -0.25) is 4.98 Å². The molecule has 0 fully saturated rings. The Morgan fingerprint density at radius 2 is 1.92 bits per heavy atom. The van der Waals surface area contributed by atoms with Gasteiger partial charge in [0.1, 0.15) is 0 Å². The lowest BCUT2D eigenvalue weighted by atomic mass is 10.2. The Hall–Kier alpha value is -0.850. The molecule has 68 valence electrons. The number of aromatic nitrogens is 1. The van der Waals surface area contributed by atoms with Crippen molar-refractivity contribution in [2.24, 2.45) is 0 Å². The molecule has 1 heteroatoms. The van der Waals surface area contributed by atoms with Crippen molar-refractivity contribution < 1.29 is 0 Å². The lowest BCUT2D eigenvalue weighted by molar-refractivity contribution is 0.874. The summed E-state index contributed by atoms with van der Waals surface area (Å²) in [7, 11) is 0. The molecule has 1 nitrogen and oxygen atoms in total. The third-order valence-corrected chi connectivity index (χ3v) is 1.45. The molecule has 1 heterocycles. The predicted octanol–water partition coefficient (Wildman–Crippen LogP) is 3.37. The molecule has 0 amide bonds. The van der Waals surface area contributed by atoms with Gasteiger partial charge in [0.25, 0.3) is 0 Å². The fourth-order valence-electron chi connectivity index (χ4n) is 0.995. The van der Waals surface area contributed by atoms with Crippen molar-refractivity contribution in [2.45, 2.75) is 40.5 Å². The van der Waals surface area contributed by atoms with Crippen LogP contribution in [0.15, 0.2) is 18.2 Å². The molecule has 0 saturated carbocycles. The first kappa shape index (κ1) is 11.2. The Morgan fingerprint density at radius 1 is 1.25 bits per heavy atom. The van der Waals surface area contributed by atoms with Crippen molar-refractivity contribution in [3.8, 4) is 0 Å². The van der Waals surface area contributed by atoms with E-state index in [9.17, 15) is 0 Å². The highest BCUT2D eigenvalue weighted by atomic mass is 14.7. The van der Waals surface area contributed by atoms with Crippen LogP contribution in [0.3, 0.4) is 0 Å². The molecule has 0 aliphatic carbocycles. The maximum Gasteiger partial charge on any atom is 0.0406 e. The van der Waals surface area contributed by atoms with Crippen LogP contribution in [-0.2, 0) is 6.42 Å². The van der Waals surface area contributed by atoms with Gasteiger partial charge in [0.2, 0.25) is 0 Å². The number of aryl methyl sites for hydroxylation is 2. The van der Waals surface area contributed by atoms with Gasteiger partial charge >= 0.3 is 0 Å². The van der Waals surface area contributed by atoms with Crippen molar-refractivity contribution in [3.05, 3.63) is 29.6 Å². The Balaban J connectivity index is 0.000000561. The zero-order chi connectivity index (χ0) is 9.40. The summed E-state index contributed by atoms with van der Waals surface area (Å²) in [4.78, 5) is 4.36. The van der Waals surface area contributed by atoms with E-state index < -0.39 is 0 Å². The van der Waals surface area contributed by atoms with Crippen LogP contribution in [-0.4, -0.2) is 4.98 Å². The van der Waals surface area contributed by atoms with E-state index in [1.165, 1.54) is 12.1 Å². The molecule has 0 radical (unpaired) electrons. The molecular formula is C11H19N. The summed E-state index contributed by atoms with van der Waals surface area (Å²) in [5, 5.41) is 0. The molecular weight excluding hydrogens is 146 g/mol. The zero-order valence-electron chi connectivity index (χ0n) is 8.59. The molecule has 0 aliphatic rings. The molecule has 0 saturated heterocycles. The minimum atomic E-state index is 1.10. The fraction of sp³-hybridized carbons (Fsp3) is 0.545. The van der Waals surface area contributed by atoms with Crippen LogP contribution >= 0.6 is 0 Å². The molecule has 1 aromatic heterocycles. The monoisotopic (exact) mass is 165 g/mol. The van der Waals surface area contributed by atoms with Gasteiger partial charge in [0.05, 0.1) is 0 Å². The quantitative estimate of drug-likeness (QED) is 0.654. The third kappa shape index (κ3) is 4.12. The minimum absolute atomic E-state index is 1.10. The van der Waals surface area contributed by atoms with Crippen molar-refractivity contribution >= 4 is 0 Å². The number of hydrogen-bond donors (Lipinski definition) is 0. The summed E-state index contributed by atoms with van der Waals surface area (Å²) in [5.74, 6) is 0. The van der Waals surface area contributed by atoms with Crippen LogP contribution in [0.1, 0.15) is 38.6 Å². The molecule has 0 unspecified atom stereocenters. The van der Waals surface area contributed by atoms with E-state index in [2.05, 4.69) is 24.0 Å². The molecule has 0 N–H and O–H groups in total. The largest absolute Gasteiger partial charge is 0.258 e. The van der Waals surface area contributed by atoms with Gasteiger partial charge in [-0.1, -0.05) is 33.3 Å². The van der Waals surface area contributed by atoms with Gasteiger partial charge in [-0.2, -0.15) is 0 Å². The molecule has 1 rings (SSSR count). The van der Waals surface area contributed by atoms with Crippen molar-refractivity contribution in [1.82, 2.24) is 4.98 Å². The summed E-state index contributed by atoms with van der Waals surface area (Å²) in [6.45, 7) is 8.20. The van der Waals surface area contributed by atoms with Gasteiger partial charge in [0.15, 0.2) is 0 Å². The normalized spacial score (nSPS) is 8.67. The van der Waals surface area contributed by atoms with Gasteiger partial charge in [-0.15, -0.1) is 0 Å². The number of pyridine rings is 1.